The monoisotopic (exact) mass is 690 g/mol. The van der Waals surface area contributed by atoms with Crippen LogP contribution in [0.2, 0.25) is 5.02 Å². The predicted octanol–water partition coefficient (Wildman–Crippen LogP) is 8.96. The van der Waals surface area contributed by atoms with Gasteiger partial charge in [0.1, 0.15) is 17.5 Å². The van der Waals surface area contributed by atoms with Crippen LogP contribution in [0.1, 0.15) is 46.3 Å². The molecule has 0 spiro atoms. The summed E-state index contributed by atoms with van der Waals surface area (Å²) in [7, 11) is -4.73. The smallest absolute Gasteiger partial charge is 0.294 e. The minimum absolute atomic E-state index is 0.0443. The van der Waals surface area contributed by atoms with Crippen LogP contribution >= 0.6 is 27.5 Å². The van der Waals surface area contributed by atoms with Gasteiger partial charge in [-0.3, -0.25) is 4.79 Å². The van der Waals surface area contributed by atoms with Crippen LogP contribution in [0.4, 0.5) is 43.9 Å². The Morgan fingerprint density at radius 1 is 1.00 bits per heavy atom. The first-order valence-electron chi connectivity index (χ1n) is 10.9. The summed E-state index contributed by atoms with van der Waals surface area (Å²) in [5.74, 6) is -10.3. The van der Waals surface area contributed by atoms with Crippen molar-refractivity contribution in [1.29, 1.82) is 0 Å². The highest BCUT2D eigenvalue weighted by Gasteiger charge is 2.41. The van der Waals surface area contributed by atoms with Crippen molar-refractivity contribution in [1.82, 2.24) is 0 Å². The Balaban J connectivity index is 2.44. The van der Waals surface area contributed by atoms with Crippen molar-refractivity contribution in [3.63, 3.8) is 0 Å². The highest BCUT2D eigenvalue weighted by atomic mass is 79.9. The standard InChI is InChI=1S/C24H18BrClF10O3S/c1-12(10-40(38,39)11-22(28,29)30)4-21(37)17-3-2-13(7-19(17)24(34,35)36)20(27)9-18(23(31,32)33)14-5-15(25)8-16(26)6-14/h2-3,5-9,12,18H,4,10-11H2,1H3/b20-9-/t12-,18?/m0/s1. The van der Waals surface area contributed by atoms with Crippen LogP contribution < -0.4 is 0 Å². The Labute approximate surface area is 235 Å². The zero-order chi connectivity index (χ0) is 30.8. The number of hydrogen-bond donors (Lipinski definition) is 0. The Kier molecular flexibility index (Phi) is 10.6. The summed E-state index contributed by atoms with van der Waals surface area (Å²) in [5, 5.41) is -0.130. The first-order valence-corrected chi connectivity index (χ1v) is 13.9. The number of sulfone groups is 1. The number of carbonyl (C=O) groups excluding carboxylic acids is 1. The number of Topliss-reactive ketones (excluding diaryl/α,β-unsaturated/α-hetero) is 1. The lowest BCUT2D eigenvalue weighted by molar-refractivity contribution is -0.140. The average Bonchev–Trinajstić information content (AvgIpc) is 2.72. The predicted molar refractivity (Wildman–Crippen MR) is 131 cm³/mol. The van der Waals surface area contributed by atoms with Gasteiger partial charge in [-0.15, -0.1) is 0 Å². The Morgan fingerprint density at radius 3 is 2.10 bits per heavy atom. The first kappa shape index (κ1) is 34.1. The lowest BCUT2D eigenvalue weighted by Crippen LogP contribution is -2.28. The molecule has 0 saturated heterocycles. The van der Waals surface area contributed by atoms with Crippen LogP contribution in [0.3, 0.4) is 0 Å². The SMILES string of the molecule is C[C@@H](CC(=O)c1ccc(/C(F)=C/C(c2cc(Cl)cc(Br)c2)C(F)(F)F)cc1C(F)(F)F)CS(=O)(=O)CC(F)(F)F. The molecule has 222 valence electrons. The highest BCUT2D eigenvalue weighted by molar-refractivity contribution is 9.10. The number of ketones is 1. The topological polar surface area (TPSA) is 51.2 Å². The fourth-order valence-electron chi connectivity index (χ4n) is 3.77. The van der Waals surface area contributed by atoms with Crippen molar-refractivity contribution >= 4 is 49.0 Å². The van der Waals surface area contributed by atoms with E-state index in [1.54, 1.807) is 0 Å². The molecule has 2 aromatic carbocycles. The van der Waals surface area contributed by atoms with Gasteiger partial charge in [0.25, 0.3) is 0 Å². The largest absolute Gasteiger partial charge is 0.417 e. The quantitative estimate of drug-likeness (QED) is 0.195. The Hall–Kier alpha value is -2.13. The minimum atomic E-state index is -5.30. The normalized spacial score (nSPS) is 15.2. The molecule has 0 bridgehead atoms. The van der Waals surface area contributed by atoms with E-state index in [9.17, 15) is 57.1 Å². The van der Waals surface area contributed by atoms with Crippen molar-refractivity contribution < 1.29 is 57.1 Å². The molecule has 2 aromatic rings. The average molecular weight is 692 g/mol. The number of benzene rings is 2. The van der Waals surface area contributed by atoms with E-state index in [0.717, 1.165) is 19.1 Å². The summed E-state index contributed by atoms with van der Waals surface area (Å²) in [6, 6.07) is 4.39. The van der Waals surface area contributed by atoms with Gasteiger partial charge in [-0.2, -0.15) is 39.5 Å². The maximum Gasteiger partial charge on any atom is 0.417 e. The molecule has 3 nitrogen and oxygen atoms in total. The molecule has 2 rings (SSSR count). The number of alkyl halides is 9. The zero-order valence-electron chi connectivity index (χ0n) is 20.0. The third-order valence-corrected chi connectivity index (χ3v) is 7.79. The number of rotatable bonds is 9. The molecule has 0 amide bonds. The fraction of sp³-hybridized carbons (Fsp3) is 0.375. The van der Waals surface area contributed by atoms with Gasteiger partial charge in [-0.25, -0.2) is 12.8 Å². The summed E-state index contributed by atoms with van der Waals surface area (Å²) in [6.45, 7) is 1.04. The molecule has 0 aliphatic carbocycles. The molecule has 0 aromatic heterocycles. The van der Waals surface area contributed by atoms with E-state index in [-0.39, 0.29) is 21.6 Å². The van der Waals surface area contributed by atoms with Crippen LogP contribution in [-0.4, -0.2) is 38.1 Å². The molecule has 0 aliphatic rings. The van der Waals surface area contributed by atoms with Crippen LogP contribution in [0.25, 0.3) is 5.83 Å². The molecule has 0 aliphatic heterocycles. The molecule has 2 atom stereocenters. The number of carbonyl (C=O) groups is 1. The lowest BCUT2D eigenvalue weighted by Gasteiger charge is -2.19. The van der Waals surface area contributed by atoms with Crippen molar-refractivity contribution in [2.75, 3.05) is 11.5 Å². The molecule has 0 heterocycles. The molecule has 1 unspecified atom stereocenters. The second kappa shape index (κ2) is 12.4. The third-order valence-electron chi connectivity index (χ3n) is 5.27. The molecule has 0 N–H and O–H groups in total. The van der Waals surface area contributed by atoms with Gasteiger partial charge < -0.3 is 0 Å². The first-order chi connectivity index (χ1) is 18.0. The molecule has 0 fully saturated rings. The maximum absolute atomic E-state index is 14.9. The number of halogens is 12. The summed E-state index contributed by atoms with van der Waals surface area (Å²) in [6.07, 6.45) is -16.3. The summed E-state index contributed by atoms with van der Waals surface area (Å²) in [4.78, 5) is 12.5. The lowest BCUT2D eigenvalue weighted by atomic mass is 9.93. The van der Waals surface area contributed by atoms with E-state index < -0.39 is 92.0 Å². The van der Waals surface area contributed by atoms with Gasteiger partial charge in [0.05, 0.1) is 11.3 Å². The van der Waals surface area contributed by atoms with Gasteiger partial charge in [-0.1, -0.05) is 46.6 Å². The van der Waals surface area contributed by atoms with Gasteiger partial charge in [-0.05, 0) is 41.8 Å². The Morgan fingerprint density at radius 2 is 1.60 bits per heavy atom. The van der Waals surface area contributed by atoms with Crippen LogP contribution in [0.15, 0.2) is 46.9 Å². The van der Waals surface area contributed by atoms with Gasteiger partial charge >= 0.3 is 18.5 Å². The van der Waals surface area contributed by atoms with Gasteiger partial charge in [0.2, 0.25) is 0 Å². The van der Waals surface area contributed by atoms with Crippen molar-refractivity contribution in [3.05, 3.63) is 74.2 Å². The molecule has 40 heavy (non-hydrogen) atoms. The molecular formula is C24H18BrClF10O3S. The van der Waals surface area contributed by atoms with Gasteiger partial charge in [0, 0.05) is 27.0 Å². The maximum atomic E-state index is 14.9. The van der Waals surface area contributed by atoms with Crippen LogP contribution in [0.5, 0.6) is 0 Å². The van der Waals surface area contributed by atoms with E-state index in [1.165, 1.54) is 6.07 Å². The van der Waals surface area contributed by atoms with E-state index in [4.69, 9.17) is 11.6 Å². The van der Waals surface area contributed by atoms with Crippen molar-refractivity contribution in [3.8, 4) is 0 Å². The molecule has 16 heteroatoms. The summed E-state index contributed by atoms with van der Waals surface area (Å²) in [5.41, 5.74) is -4.24. The van der Waals surface area contributed by atoms with Crippen molar-refractivity contribution in [2.24, 2.45) is 5.92 Å². The Bertz CT molecular complexity index is 1360. The summed E-state index contributed by atoms with van der Waals surface area (Å²) < 4.78 is 158. The fourth-order valence-corrected chi connectivity index (χ4v) is 6.26. The second-order valence-corrected chi connectivity index (χ2v) is 12.4. The van der Waals surface area contributed by atoms with E-state index in [2.05, 4.69) is 15.9 Å². The minimum Gasteiger partial charge on any atom is -0.294 e. The van der Waals surface area contributed by atoms with Crippen LogP contribution in [0, 0.1) is 5.92 Å². The van der Waals surface area contributed by atoms with E-state index in [1.807, 2.05) is 0 Å². The molecule has 0 saturated carbocycles. The van der Waals surface area contributed by atoms with Crippen molar-refractivity contribution in [2.45, 2.75) is 37.8 Å². The highest BCUT2D eigenvalue weighted by Crippen LogP contribution is 2.41. The second-order valence-electron chi connectivity index (χ2n) is 8.90. The van der Waals surface area contributed by atoms with Crippen LogP contribution in [-0.2, 0) is 16.0 Å². The number of allylic oxidation sites excluding steroid dienone is 1. The number of hydrogen-bond acceptors (Lipinski definition) is 3. The summed E-state index contributed by atoms with van der Waals surface area (Å²) >= 11 is 8.71. The zero-order valence-corrected chi connectivity index (χ0v) is 23.1. The van der Waals surface area contributed by atoms with Gasteiger partial charge in [0.15, 0.2) is 15.6 Å². The third kappa shape index (κ3) is 10.1. The van der Waals surface area contributed by atoms with E-state index in [0.29, 0.717) is 12.1 Å². The van der Waals surface area contributed by atoms with E-state index >= 15 is 0 Å². The molecule has 0 radical (unpaired) electrons. The molecular weight excluding hydrogens is 674 g/mol.